The van der Waals surface area contributed by atoms with Crippen molar-refractivity contribution < 1.29 is 0 Å². The molecule has 0 radical (unpaired) electrons. The van der Waals surface area contributed by atoms with Gasteiger partial charge in [0.2, 0.25) is 0 Å². The summed E-state index contributed by atoms with van der Waals surface area (Å²) in [4.78, 5) is 2.52. The van der Waals surface area contributed by atoms with E-state index in [-0.39, 0.29) is 5.41 Å². The van der Waals surface area contributed by atoms with Crippen LogP contribution in [0.3, 0.4) is 0 Å². The second-order valence-corrected chi connectivity index (χ2v) is 17.8. The summed E-state index contributed by atoms with van der Waals surface area (Å²) in [5.41, 5.74) is 20.2. The summed E-state index contributed by atoms with van der Waals surface area (Å²) in [5, 5.41) is 2.71. The summed E-state index contributed by atoms with van der Waals surface area (Å²) in [6.07, 6.45) is 6.47. The van der Waals surface area contributed by atoms with Gasteiger partial charge in [0.05, 0.1) is 11.4 Å². The van der Waals surface area contributed by atoms with E-state index in [9.17, 15) is 0 Å². The lowest BCUT2D eigenvalue weighted by Gasteiger charge is -2.31. The lowest BCUT2D eigenvalue weighted by Crippen LogP contribution is -2.14. The third kappa shape index (κ3) is 6.55. The van der Waals surface area contributed by atoms with Crippen LogP contribution in [0.4, 0.5) is 17.1 Å². The Balaban J connectivity index is 1.13. The molecule has 2 aliphatic rings. The number of hydrogen-bond donors (Lipinski definition) is 0. The van der Waals surface area contributed by atoms with E-state index < -0.39 is 0 Å². The summed E-state index contributed by atoms with van der Waals surface area (Å²) in [7, 11) is 0. The zero-order valence-corrected chi connectivity index (χ0v) is 35.7. The minimum atomic E-state index is -0.0550. The molecule has 62 heavy (non-hydrogen) atoms. The van der Waals surface area contributed by atoms with Gasteiger partial charge in [-0.05, 0) is 121 Å². The Hall–Kier alpha value is -6.96. The van der Waals surface area contributed by atoms with Crippen LogP contribution < -0.4 is 4.90 Å². The van der Waals surface area contributed by atoms with Crippen molar-refractivity contribution >= 4 is 27.8 Å². The number of para-hydroxylation sites is 1. The normalized spacial score (nSPS) is 14.4. The van der Waals surface area contributed by atoms with Crippen molar-refractivity contribution in [3.8, 4) is 55.6 Å². The van der Waals surface area contributed by atoms with Gasteiger partial charge in [-0.2, -0.15) is 0 Å². The minimum absolute atomic E-state index is 0.0550. The molecule has 9 aromatic rings. The van der Waals surface area contributed by atoms with Crippen LogP contribution >= 0.6 is 0 Å². The molecule has 0 N–H and O–H groups in total. The molecule has 1 heteroatoms. The summed E-state index contributed by atoms with van der Waals surface area (Å²) < 4.78 is 0. The van der Waals surface area contributed by atoms with E-state index in [1.165, 1.54) is 115 Å². The Morgan fingerprint density at radius 3 is 1.74 bits per heavy atom. The molecule has 0 aromatic heterocycles. The van der Waals surface area contributed by atoms with E-state index in [0.29, 0.717) is 5.92 Å². The van der Waals surface area contributed by atoms with Crippen LogP contribution in [0.5, 0.6) is 0 Å². The summed E-state index contributed by atoms with van der Waals surface area (Å²) in [6, 6.07) is 76.9. The Morgan fingerprint density at radius 2 is 0.968 bits per heavy atom. The molecular weight excluding hydrogens is 747 g/mol. The quantitative estimate of drug-likeness (QED) is 0.148. The molecule has 2 aliphatic carbocycles. The van der Waals surface area contributed by atoms with Crippen LogP contribution in [0.2, 0.25) is 0 Å². The van der Waals surface area contributed by atoms with Crippen molar-refractivity contribution in [3.05, 3.63) is 223 Å². The number of hydrogen-bond acceptors (Lipinski definition) is 1. The highest BCUT2D eigenvalue weighted by atomic mass is 15.1. The fraction of sp³-hybridized carbons (Fsp3) is 0.148. The first kappa shape index (κ1) is 38.0. The van der Waals surface area contributed by atoms with E-state index in [1.807, 2.05) is 0 Å². The van der Waals surface area contributed by atoms with Crippen molar-refractivity contribution in [2.24, 2.45) is 0 Å². The van der Waals surface area contributed by atoms with Gasteiger partial charge in [-0.15, -0.1) is 0 Å². The number of benzene rings is 9. The Morgan fingerprint density at radius 1 is 0.403 bits per heavy atom. The minimum Gasteiger partial charge on any atom is -0.309 e. The van der Waals surface area contributed by atoms with Crippen LogP contribution in [0, 0.1) is 0 Å². The SMILES string of the molecule is CC1(C)c2ccccc2-c2c(-c3ccc(N(c4ccc(-c5ccccc5)cc4-c4ccccc4)c4ccccc4-c4cccc5cccc(C6CCCCC6)c45)cc3)cccc21. The van der Waals surface area contributed by atoms with Gasteiger partial charge in [-0.3, -0.25) is 0 Å². The van der Waals surface area contributed by atoms with Gasteiger partial charge in [0.1, 0.15) is 0 Å². The van der Waals surface area contributed by atoms with Gasteiger partial charge in [0, 0.05) is 22.2 Å². The first-order chi connectivity index (χ1) is 30.5. The fourth-order valence-electron chi connectivity index (χ4n) is 10.8. The van der Waals surface area contributed by atoms with Crippen molar-refractivity contribution in [1.29, 1.82) is 0 Å². The molecule has 0 aliphatic heterocycles. The largest absolute Gasteiger partial charge is 0.309 e. The molecule has 1 nitrogen and oxygen atoms in total. The van der Waals surface area contributed by atoms with E-state index in [4.69, 9.17) is 0 Å². The van der Waals surface area contributed by atoms with Gasteiger partial charge >= 0.3 is 0 Å². The molecule has 0 atom stereocenters. The Kier molecular flexibility index (Phi) is 9.69. The highest BCUT2D eigenvalue weighted by molar-refractivity contribution is 6.04. The number of nitrogens with zero attached hydrogens (tertiary/aromatic N) is 1. The van der Waals surface area contributed by atoms with E-state index in [1.54, 1.807) is 0 Å². The van der Waals surface area contributed by atoms with Gasteiger partial charge in [-0.25, -0.2) is 0 Å². The van der Waals surface area contributed by atoms with Crippen molar-refractivity contribution in [2.75, 3.05) is 4.90 Å². The van der Waals surface area contributed by atoms with Gasteiger partial charge in [-0.1, -0.05) is 209 Å². The molecule has 1 fully saturated rings. The lowest BCUT2D eigenvalue weighted by molar-refractivity contribution is 0.445. The fourth-order valence-corrected chi connectivity index (χ4v) is 10.8. The molecule has 300 valence electrons. The van der Waals surface area contributed by atoms with E-state index >= 15 is 0 Å². The predicted molar refractivity (Wildman–Crippen MR) is 264 cm³/mol. The summed E-state index contributed by atoms with van der Waals surface area (Å²) in [6.45, 7) is 4.72. The van der Waals surface area contributed by atoms with Gasteiger partial charge in [0.25, 0.3) is 0 Å². The molecule has 9 aromatic carbocycles. The topological polar surface area (TPSA) is 3.24 Å². The molecule has 0 bridgehead atoms. The standard InChI is InChI=1S/C61H51N/c1-61(2)55-32-14-12-28-53(55)60-50(30-18-33-56(60)61)45-35-38-48(39-36-45)62(58-40-37-47(42-19-6-3-7-20-42)41-54(58)44-23-10-5-11-24-44)57-34-15-13-27-51(57)52-31-17-26-46-25-16-29-49(59(46)52)43-21-8-4-9-22-43/h3,5-7,10-20,23-41,43H,4,8-9,21-22H2,1-2H3. The molecule has 11 rings (SSSR count). The van der Waals surface area contributed by atoms with Gasteiger partial charge < -0.3 is 4.90 Å². The van der Waals surface area contributed by atoms with Crippen molar-refractivity contribution in [3.63, 3.8) is 0 Å². The maximum absolute atomic E-state index is 2.52. The van der Waals surface area contributed by atoms with Crippen LogP contribution in [-0.2, 0) is 5.41 Å². The van der Waals surface area contributed by atoms with E-state index in [2.05, 4.69) is 225 Å². The van der Waals surface area contributed by atoms with Gasteiger partial charge in [0.15, 0.2) is 0 Å². The summed E-state index contributed by atoms with van der Waals surface area (Å²) in [5.74, 6) is 0.580. The Labute approximate surface area is 367 Å². The number of fused-ring (bicyclic) bond motifs is 4. The third-order valence-electron chi connectivity index (χ3n) is 13.9. The number of anilines is 3. The second kappa shape index (κ2) is 15.8. The third-order valence-corrected chi connectivity index (χ3v) is 13.9. The molecule has 1 saturated carbocycles. The van der Waals surface area contributed by atoms with Crippen LogP contribution in [0.1, 0.15) is 68.6 Å². The second-order valence-electron chi connectivity index (χ2n) is 17.8. The van der Waals surface area contributed by atoms with E-state index in [0.717, 1.165) is 17.1 Å². The number of rotatable bonds is 8. The average Bonchev–Trinajstić information content (AvgIpc) is 3.58. The highest BCUT2D eigenvalue weighted by Gasteiger charge is 2.36. The highest BCUT2D eigenvalue weighted by Crippen LogP contribution is 2.53. The maximum atomic E-state index is 2.52. The van der Waals surface area contributed by atoms with Crippen LogP contribution in [0.25, 0.3) is 66.4 Å². The summed E-state index contributed by atoms with van der Waals surface area (Å²) >= 11 is 0. The molecule has 0 saturated heterocycles. The molecule has 0 heterocycles. The zero-order chi connectivity index (χ0) is 41.6. The van der Waals surface area contributed by atoms with Crippen LogP contribution in [0.15, 0.2) is 206 Å². The predicted octanol–water partition coefficient (Wildman–Crippen LogP) is 17.3. The van der Waals surface area contributed by atoms with Crippen molar-refractivity contribution in [2.45, 2.75) is 57.3 Å². The smallest absolute Gasteiger partial charge is 0.0540 e. The first-order valence-electron chi connectivity index (χ1n) is 22.5. The van der Waals surface area contributed by atoms with Crippen LogP contribution in [-0.4, -0.2) is 0 Å². The average molecular weight is 798 g/mol. The van der Waals surface area contributed by atoms with Crippen molar-refractivity contribution in [1.82, 2.24) is 0 Å². The zero-order valence-electron chi connectivity index (χ0n) is 35.7. The monoisotopic (exact) mass is 797 g/mol. The molecule has 0 amide bonds. The first-order valence-corrected chi connectivity index (χ1v) is 22.5. The molecular formula is C61H51N. The lowest BCUT2D eigenvalue weighted by atomic mass is 9.80. The maximum Gasteiger partial charge on any atom is 0.0540 e. The molecule has 0 unspecified atom stereocenters. The Bertz CT molecular complexity index is 3060. The molecule has 0 spiro atoms.